The maximum atomic E-state index is 10.3. The van der Waals surface area contributed by atoms with Crippen molar-refractivity contribution in [1.29, 1.82) is 0 Å². The van der Waals surface area contributed by atoms with Crippen LogP contribution in [0.5, 0.6) is 0 Å². The molecule has 0 aliphatic heterocycles. The largest absolute Gasteiger partial charge is 0.481 e. The average molecular weight is 249 g/mol. The number of nitrogens with one attached hydrogen (secondary N) is 1. The zero-order chi connectivity index (χ0) is 12.1. The van der Waals surface area contributed by atoms with E-state index in [4.69, 9.17) is 5.11 Å². The molecule has 0 amide bonds. The van der Waals surface area contributed by atoms with E-state index in [1.807, 2.05) is 17.5 Å². The Kier molecular flexibility index (Phi) is 3.66. The van der Waals surface area contributed by atoms with E-state index in [9.17, 15) is 4.79 Å². The SMILES string of the molecule is O=C(O)CCNc1ncc(-c2cccs2)cn1. The van der Waals surface area contributed by atoms with E-state index in [0.29, 0.717) is 12.5 Å². The van der Waals surface area contributed by atoms with E-state index < -0.39 is 5.97 Å². The second kappa shape index (κ2) is 5.40. The fraction of sp³-hybridized carbons (Fsp3) is 0.182. The lowest BCUT2D eigenvalue weighted by molar-refractivity contribution is -0.136. The van der Waals surface area contributed by atoms with Crippen LogP contribution in [0.3, 0.4) is 0 Å². The summed E-state index contributed by atoms with van der Waals surface area (Å²) >= 11 is 1.63. The van der Waals surface area contributed by atoms with Gasteiger partial charge in [0.2, 0.25) is 5.95 Å². The normalized spacial score (nSPS) is 10.1. The molecule has 17 heavy (non-hydrogen) atoms. The number of carbonyl (C=O) groups is 1. The molecule has 0 spiro atoms. The Morgan fingerprint density at radius 3 is 2.76 bits per heavy atom. The number of thiophene rings is 1. The Bertz CT molecular complexity index is 482. The predicted octanol–water partition coefficient (Wildman–Crippen LogP) is 2.09. The van der Waals surface area contributed by atoms with Gasteiger partial charge in [-0.05, 0) is 11.4 Å². The van der Waals surface area contributed by atoms with Crippen molar-refractivity contribution >= 4 is 23.3 Å². The van der Waals surface area contributed by atoms with Gasteiger partial charge in [0.25, 0.3) is 0 Å². The minimum atomic E-state index is -0.840. The van der Waals surface area contributed by atoms with Crippen LogP contribution < -0.4 is 5.32 Å². The first-order valence-electron chi connectivity index (χ1n) is 5.07. The molecule has 2 N–H and O–H groups in total. The molecule has 0 saturated heterocycles. The lowest BCUT2D eigenvalue weighted by Crippen LogP contribution is -2.09. The molecule has 0 fully saturated rings. The minimum absolute atomic E-state index is 0.0516. The van der Waals surface area contributed by atoms with Gasteiger partial charge in [-0.15, -0.1) is 11.3 Å². The van der Waals surface area contributed by atoms with Gasteiger partial charge in [0.15, 0.2) is 0 Å². The van der Waals surface area contributed by atoms with E-state index in [-0.39, 0.29) is 6.42 Å². The number of carboxylic acids is 1. The molecule has 0 saturated carbocycles. The van der Waals surface area contributed by atoms with Crippen LogP contribution >= 0.6 is 11.3 Å². The maximum Gasteiger partial charge on any atom is 0.305 e. The minimum Gasteiger partial charge on any atom is -0.481 e. The summed E-state index contributed by atoms with van der Waals surface area (Å²) < 4.78 is 0. The molecule has 0 unspecified atom stereocenters. The van der Waals surface area contributed by atoms with Crippen molar-refractivity contribution in [2.45, 2.75) is 6.42 Å². The highest BCUT2D eigenvalue weighted by Crippen LogP contribution is 2.23. The van der Waals surface area contributed by atoms with E-state index in [2.05, 4.69) is 15.3 Å². The summed E-state index contributed by atoms with van der Waals surface area (Å²) in [7, 11) is 0. The van der Waals surface area contributed by atoms with Crippen molar-refractivity contribution in [3.05, 3.63) is 29.9 Å². The number of aliphatic carboxylic acids is 1. The Labute approximate surface area is 102 Å². The summed E-state index contributed by atoms with van der Waals surface area (Å²) in [6, 6.07) is 3.97. The van der Waals surface area contributed by atoms with E-state index in [1.165, 1.54) is 0 Å². The highest BCUT2D eigenvalue weighted by Gasteiger charge is 2.01. The molecule has 0 aliphatic carbocycles. The molecule has 2 aromatic heterocycles. The van der Waals surface area contributed by atoms with Gasteiger partial charge in [0.05, 0.1) is 6.42 Å². The number of anilines is 1. The number of nitrogens with zero attached hydrogens (tertiary/aromatic N) is 2. The van der Waals surface area contributed by atoms with Crippen molar-refractivity contribution in [3.8, 4) is 10.4 Å². The summed E-state index contributed by atoms with van der Waals surface area (Å²) in [6.07, 6.45) is 3.50. The van der Waals surface area contributed by atoms with Crippen molar-refractivity contribution in [2.75, 3.05) is 11.9 Å². The Hall–Kier alpha value is -1.95. The lowest BCUT2D eigenvalue weighted by Gasteiger charge is -2.02. The van der Waals surface area contributed by atoms with Gasteiger partial charge in [-0.2, -0.15) is 0 Å². The van der Waals surface area contributed by atoms with Crippen molar-refractivity contribution in [3.63, 3.8) is 0 Å². The third-order valence-corrected chi connectivity index (χ3v) is 3.00. The molecular weight excluding hydrogens is 238 g/mol. The van der Waals surface area contributed by atoms with Gasteiger partial charge in [-0.3, -0.25) is 4.79 Å². The Morgan fingerprint density at radius 2 is 2.18 bits per heavy atom. The molecule has 0 aromatic carbocycles. The highest BCUT2D eigenvalue weighted by atomic mass is 32.1. The molecular formula is C11H11N3O2S. The maximum absolute atomic E-state index is 10.3. The molecule has 88 valence electrons. The topological polar surface area (TPSA) is 75.1 Å². The molecule has 0 atom stereocenters. The van der Waals surface area contributed by atoms with Crippen molar-refractivity contribution < 1.29 is 9.90 Å². The first kappa shape index (κ1) is 11.5. The van der Waals surface area contributed by atoms with Crippen LogP contribution in [-0.2, 0) is 4.79 Å². The van der Waals surface area contributed by atoms with Gasteiger partial charge in [-0.25, -0.2) is 9.97 Å². The van der Waals surface area contributed by atoms with Crippen LogP contribution in [0.15, 0.2) is 29.9 Å². The zero-order valence-corrected chi connectivity index (χ0v) is 9.78. The van der Waals surface area contributed by atoms with E-state index in [1.54, 1.807) is 23.7 Å². The molecule has 2 heterocycles. The van der Waals surface area contributed by atoms with Crippen LogP contribution in [0.25, 0.3) is 10.4 Å². The standard InChI is InChI=1S/C11H11N3O2S/c15-10(16)3-4-12-11-13-6-8(7-14-11)9-2-1-5-17-9/h1-2,5-7H,3-4H2,(H,15,16)(H,12,13,14). The summed E-state index contributed by atoms with van der Waals surface area (Å²) in [6.45, 7) is 0.327. The van der Waals surface area contributed by atoms with Crippen LogP contribution in [0.2, 0.25) is 0 Å². The zero-order valence-electron chi connectivity index (χ0n) is 8.96. The third kappa shape index (κ3) is 3.25. The second-order valence-electron chi connectivity index (χ2n) is 3.34. The van der Waals surface area contributed by atoms with Crippen molar-refractivity contribution in [1.82, 2.24) is 9.97 Å². The van der Waals surface area contributed by atoms with Crippen LogP contribution in [0.4, 0.5) is 5.95 Å². The van der Waals surface area contributed by atoms with Crippen LogP contribution in [-0.4, -0.2) is 27.6 Å². The van der Waals surface area contributed by atoms with Crippen LogP contribution in [0, 0.1) is 0 Å². The molecule has 0 radical (unpaired) electrons. The monoisotopic (exact) mass is 249 g/mol. The van der Waals surface area contributed by atoms with Gasteiger partial charge in [0, 0.05) is 29.4 Å². The summed E-state index contributed by atoms with van der Waals surface area (Å²) in [5.41, 5.74) is 0.962. The Balaban J connectivity index is 1.96. The fourth-order valence-electron chi connectivity index (χ4n) is 1.27. The first-order chi connectivity index (χ1) is 8.25. The van der Waals surface area contributed by atoms with Gasteiger partial charge >= 0.3 is 5.97 Å². The summed E-state index contributed by atoms with van der Waals surface area (Å²) in [5.74, 6) is -0.390. The van der Waals surface area contributed by atoms with Crippen molar-refractivity contribution in [2.24, 2.45) is 0 Å². The molecule has 6 heteroatoms. The van der Waals surface area contributed by atoms with Gasteiger partial charge in [0.1, 0.15) is 0 Å². The fourth-order valence-corrected chi connectivity index (χ4v) is 1.97. The number of carboxylic acid groups (broad SMARTS) is 1. The van der Waals surface area contributed by atoms with Gasteiger partial charge in [-0.1, -0.05) is 6.07 Å². The molecule has 2 aromatic rings. The number of aromatic nitrogens is 2. The summed E-state index contributed by atoms with van der Waals surface area (Å²) in [4.78, 5) is 19.7. The van der Waals surface area contributed by atoms with Crippen LogP contribution in [0.1, 0.15) is 6.42 Å². The Morgan fingerprint density at radius 1 is 1.41 bits per heavy atom. The quantitative estimate of drug-likeness (QED) is 0.848. The smallest absolute Gasteiger partial charge is 0.305 e. The lowest BCUT2D eigenvalue weighted by atomic mass is 10.3. The molecule has 2 rings (SSSR count). The highest BCUT2D eigenvalue weighted by molar-refractivity contribution is 7.13. The second-order valence-corrected chi connectivity index (χ2v) is 4.29. The third-order valence-electron chi connectivity index (χ3n) is 2.08. The first-order valence-corrected chi connectivity index (χ1v) is 5.95. The summed E-state index contributed by atoms with van der Waals surface area (Å²) in [5, 5.41) is 13.3. The average Bonchev–Trinajstić information content (AvgIpc) is 2.83. The van der Waals surface area contributed by atoms with Gasteiger partial charge < -0.3 is 10.4 Å². The molecule has 0 aliphatic rings. The predicted molar refractivity (Wildman–Crippen MR) is 66.1 cm³/mol. The number of hydrogen-bond acceptors (Lipinski definition) is 5. The number of rotatable bonds is 5. The number of hydrogen-bond donors (Lipinski definition) is 2. The van der Waals surface area contributed by atoms with E-state index >= 15 is 0 Å². The molecule has 5 nitrogen and oxygen atoms in total. The molecule has 0 bridgehead atoms. The van der Waals surface area contributed by atoms with E-state index in [0.717, 1.165) is 10.4 Å².